The van der Waals surface area contributed by atoms with Crippen molar-refractivity contribution in [2.75, 3.05) is 0 Å². The van der Waals surface area contributed by atoms with E-state index in [0.717, 1.165) is 36.4 Å². The first-order valence-corrected chi connectivity index (χ1v) is 19.0. The molecule has 6 aromatic carbocycles. The average molecular weight is 927 g/mol. The molecule has 7 rings (SSSR count). The second-order valence-electron chi connectivity index (χ2n) is 12.2. The minimum Gasteiger partial charge on any atom is -0.422 e. The predicted octanol–water partition coefficient (Wildman–Crippen LogP) is 11.2. The first-order chi connectivity index (χ1) is 28.6. The molecule has 0 amide bonds. The summed E-state index contributed by atoms with van der Waals surface area (Å²) in [5, 5.41) is 0.187. The van der Waals surface area contributed by atoms with Crippen molar-refractivity contribution in [2.45, 2.75) is 0 Å². The fourth-order valence-electron chi connectivity index (χ4n) is 5.42. The van der Waals surface area contributed by atoms with Gasteiger partial charge >= 0.3 is 35.8 Å². The highest BCUT2D eigenvalue weighted by Crippen LogP contribution is 2.35. The SMILES string of the molecule is O=C1Oc2cc(Cl)ccc2C(=O)Oc2cc(Cl)ccc2C(=O)Oc2cc(Cl)ccc2C(=O)Oc2cc(Cl)ccc2C(=O)Oc2cc(Cl)ccc2C(=O)Oc2cc(Cl)ccc21. The smallest absolute Gasteiger partial charge is 0.347 e. The Morgan fingerprint density at radius 2 is 0.367 bits per heavy atom. The lowest BCUT2D eigenvalue weighted by atomic mass is 10.1. The maximum atomic E-state index is 13.7. The summed E-state index contributed by atoms with van der Waals surface area (Å²) >= 11 is 37.3. The number of esters is 6. The molecule has 0 unspecified atom stereocenters. The van der Waals surface area contributed by atoms with Crippen LogP contribution in [0.2, 0.25) is 30.1 Å². The molecule has 0 saturated heterocycles. The highest BCUT2D eigenvalue weighted by Gasteiger charge is 2.29. The molecule has 0 fully saturated rings. The zero-order valence-electron chi connectivity index (χ0n) is 29.6. The van der Waals surface area contributed by atoms with Crippen molar-refractivity contribution in [1.82, 2.24) is 0 Å². The standard InChI is InChI=1S/C42H18Cl6O12/c43-19-1-7-25-31(13-19)55-38(50)27-9-3-21(45)15-33(27)57-40(52)29-11-5-23(47)17-35(29)59-42(54)30-12-6-24(48)18-36(30)60-41(53)28-10-4-22(46)16-34(28)58-39(51)26-8-2-20(44)14-32(26)56-37(25)49/h1-18H. The molecule has 300 valence electrons. The van der Waals surface area contributed by atoms with Gasteiger partial charge in [-0.1, -0.05) is 69.6 Å². The molecule has 6 aromatic rings. The minimum atomic E-state index is -1.16. The van der Waals surface area contributed by atoms with Gasteiger partial charge in [0.25, 0.3) is 0 Å². The number of ether oxygens (including phenoxy) is 6. The lowest BCUT2D eigenvalue weighted by Crippen LogP contribution is -2.20. The largest absolute Gasteiger partial charge is 0.422 e. The van der Waals surface area contributed by atoms with Gasteiger partial charge < -0.3 is 28.4 Å². The van der Waals surface area contributed by atoms with Gasteiger partial charge in [-0.2, -0.15) is 0 Å². The Balaban J connectivity index is 1.37. The molecule has 12 nitrogen and oxygen atoms in total. The van der Waals surface area contributed by atoms with Crippen LogP contribution in [-0.2, 0) is 0 Å². The van der Waals surface area contributed by atoms with E-state index in [0.29, 0.717) is 0 Å². The fourth-order valence-corrected chi connectivity index (χ4v) is 6.40. The van der Waals surface area contributed by atoms with E-state index >= 15 is 0 Å². The van der Waals surface area contributed by atoms with Crippen molar-refractivity contribution in [3.05, 3.63) is 173 Å². The molecule has 0 aliphatic carbocycles. The van der Waals surface area contributed by atoms with Crippen molar-refractivity contribution in [2.24, 2.45) is 0 Å². The van der Waals surface area contributed by atoms with E-state index in [1.807, 2.05) is 0 Å². The molecule has 1 aliphatic heterocycles. The lowest BCUT2D eigenvalue weighted by molar-refractivity contribution is 0.0687. The monoisotopic (exact) mass is 924 g/mol. The highest BCUT2D eigenvalue weighted by atomic mass is 35.5. The summed E-state index contributed by atoms with van der Waals surface area (Å²) in [6.07, 6.45) is 0. The maximum absolute atomic E-state index is 13.7. The third-order valence-electron chi connectivity index (χ3n) is 8.20. The van der Waals surface area contributed by atoms with E-state index in [-0.39, 0.29) is 63.5 Å². The average Bonchev–Trinajstić information content (AvgIpc) is 3.17. The molecule has 0 atom stereocenters. The molecular weight excluding hydrogens is 909 g/mol. The van der Waals surface area contributed by atoms with Crippen LogP contribution in [0.5, 0.6) is 34.5 Å². The summed E-state index contributed by atoms with van der Waals surface area (Å²) in [6, 6.07) is 21.7. The fraction of sp³-hybridized carbons (Fsp3) is 0. The van der Waals surface area contributed by atoms with Crippen molar-refractivity contribution >= 4 is 105 Å². The van der Waals surface area contributed by atoms with Gasteiger partial charge in [-0.15, -0.1) is 0 Å². The number of rotatable bonds is 0. The van der Waals surface area contributed by atoms with E-state index in [2.05, 4.69) is 0 Å². The lowest BCUT2D eigenvalue weighted by Gasteiger charge is -2.16. The Kier molecular flexibility index (Phi) is 12.3. The van der Waals surface area contributed by atoms with Gasteiger partial charge in [-0.05, 0) is 72.8 Å². The summed E-state index contributed by atoms with van der Waals surface area (Å²) in [6.45, 7) is 0. The van der Waals surface area contributed by atoms with Crippen LogP contribution >= 0.6 is 69.6 Å². The number of benzene rings is 6. The zero-order valence-corrected chi connectivity index (χ0v) is 34.1. The van der Waals surface area contributed by atoms with Gasteiger partial charge in [0.2, 0.25) is 0 Å². The van der Waals surface area contributed by atoms with Gasteiger partial charge in [-0.25, -0.2) is 28.8 Å². The Morgan fingerprint density at radius 1 is 0.233 bits per heavy atom. The van der Waals surface area contributed by atoms with Crippen molar-refractivity contribution in [3.8, 4) is 34.5 Å². The van der Waals surface area contributed by atoms with E-state index < -0.39 is 70.3 Å². The second-order valence-corrected chi connectivity index (χ2v) is 14.8. The first-order valence-electron chi connectivity index (χ1n) is 16.7. The van der Waals surface area contributed by atoms with Crippen LogP contribution in [0.25, 0.3) is 0 Å². The Hall–Kier alpha value is -6.12. The second kappa shape index (κ2) is 17.6. The van der Waals surface area contributed by atoms with E-state index in [9.17, 15) is 28.8 Å². The number of carbonyl (C=O) groups excluding carboxylic acids is 6. The number of fused-ring (bicyclic) bond motifs is 6. The Morgan fingerprint density at radius 3 is 0.500 bits per heavy atom. The third-order valence-corrected chi connectivity index (χ3v) is 9.61. The van der Waals surface area contributed by atoms with Crippen LogP contribution in [-0.4, -0.2) is 35.8 Å². The zero-order chi connectivity index (χ0) is 42.8. The molecule has 60 heavy (non-hydrogen) atoms. The summed E-state index contributed by atoms with van der Waals surface area (Å²) in [5.41, 5.74) is -2.16. The Bertz CT molecular complexity index is 2330. The number of hydrogen-bond acceptors (Lipinski definition) is 12. The van der Waals surface area contributed by atoms with Crippen LogP contribution < -0.4 is 28.4 Å². The van der Waals surface area contributed by atoms with E-state index in [4.69, 9.17) is 98.0 Å². The first kappa shape index (κ1) is 42.0. The normalized spacial score (nSPS) is 13.5. The maximum Gasteiger partial charge on any atom is 0.347 e. The van der Waals surface area contributed by atoms with Crippen LogP contribution in [0.4, 0.5) is 0 Å². The molecule has 1 aliphatic rings. The molecule has 0 N–H and O–H groups in total. The molecule has 0 spiro atoms. The summed E-state index contributed by atoms with van der Waals surface area (Å²) in [4.78, 5) is 82.5. The Labute approximate surface area is 367 Å². The van der Waals surface area contributed by atoms with Gasteiger partial charge in [0.05, 0.1) is 0 Å². The van der Waals surface area contributed by atoms with Crippen molar-refractivity contribution in [3.63, 3.8) is 0 Å². The number of carbonyl (C=O) groups is 6. The highest BCUT2D eigenvalue weighted by molar-refractivity contribution is 6.33. The van der Waals surface area contributed by atoms with Crippen LogP contribution in [0.1, 0.15) is 62.1 Å². The van der Waals surface area contributed by atoms with Gasteiger partial charge in [-0.3, -0.25) is 0 Å². The quantitative estimate of drug-likeness (QED) is 0.105. The third kappa shape index (κ3) is 9.35. The predicted molar refractivity (Wildman–Crippen MR) is 218 cm³/mol. The molecular formula is C42H18Cl6O12. The molecule has 0 radical (unpaired) electrons. The van der Waals surface area contributed by atoms with E-state index in [1.165, 1.54) is 72.8 Å². The van der Waals surface area contributed by atoms with Gasteiger partial charge in [0.15, 0.2) is 0 Å². The van der Waals surface area contributed by atoms with E-state index in [1.54, 1.807) is 0 Å². The number of hydrogen-bond donors (Lipinski definition) is 0. The molecule has 0 bridgehead atoms. The van der Waals surface area contributed by atoms with Crippen molar-refractivity contribution in [1.29, 1.82) is 0 Å². The molecule has 0 saturated carbocycles. The van der Waals surface area contributed by atoms with Gasteiger partial charge in [0, 0.05) is 66.5 Å². The summed E-state index contributed by atoms with van der Waals surface area (Å²) in [5.74, 6) is -9.43. The molecule has 18 heteroatoms. The molecule has 1 heterocycles. The topological polar surface area (TPSA) is 158 Å². The molecule has 0 aromatic heterocycles. The van der Waals surface area contributed by atoms with Crippen LogP contribution in [0.3, 0.4) is 0 Å². The number of halogens is 6. The van der Waals surface area contributed by atoms with Crippen LogP contribution in [0, 0.1) is 0 Å². The van der Waals surface area contributed by atoms with Crippen LogP contribution in [0.15, 0.2) is 109 Å². The minimum absolute atomic E-state index is 0.0312. The summed E-state index contributed by atoms with van der Waals surface area (Å²) in [7, 11) is 0. The van der Waals surface area contributed by atoms with Gasteiger partial charge in [0.1, 0.15) is 67.9 Å². The summed E-state index contributed by atoms with van der Waals surface area (Å²) < 4.78 is 33.6. The van der Waals surface area contributed by atoms with Crippen molar-refractivity contribution < 1.29 is 57.2 Å².